The minimum absolute atomic E-state index is 0. The van der Waals surface area contributed by atoms with Gasteiger partial charge in [0.15, 0.2) is 0 Å². The maximum Gasteiger partial charge on any atom is 0.00399 e. The third-order valence-electron chi connectivity index (χ3n) is 0.756. The molecule has 0 saturated carbocycles. The molecular formula is C8H16O2S. The van der Waals surface area contributed by atoms with E-state index in [2.05, 4.69) is 12.6 Å². The molecule has 0 heterocycles. The molecule has 3 heteroatoms. The van der Waals surface area contributed by atoms with E-state index >= 15 is 0 Å². The molecule has 1 aromatic rings. The zero-order chi connectivity index (χ0) is 7.11. The van der Waals surface area contributed by atoms with Gasteiger partial charge in [0.1, 0.15) is 0 Å². The van der Waals surface area contributed by atoms with Crippen LogP contribution >= 0.6 is 12.6 Å². The van der Waals surface area contributed by atoms with Crippen molar-refractivity contribution in [2.24, 2.45) is 0 Å². The summed E-state index contributed by atoms with van der Waals surface area (Å²) in [6.45, 7) is 4.00. The van der Waals surface area contributed by atoms with Crippen molar-refractivity contribution in [1.29, 1.82) is 0 Å². The third-order valence-corrected chi connectivity index (χ3v) is 1.05. The Labute approximate surface area is 73.3 Å². The second kappa shape index (κ2) is 12.2. The Bertz CT molecular complexity index is 142. The SMILES string of the molecule is CC.O.O.Sc1ccccc1. The van der Waals surface area contributed by atoms with Crippen LogP contribution in [0.1, 0.15) is 13.8 Å². The zero-order valence-electron chi connectivity index (χ0n) is 6.83. The molecule has 1 aromatic carbocycles. The van der Waals surface area contributed by atoms with Crippen molar-refractivity contribution in [2.75, 3.05) is 0 Å². The Morgan fingerprint density at radius 3 is 1.45 bits per heavy atom. The molecule has 0 aliphatic rings. The Balaban J connectivity index is -0.000000149. The number of hydrogen-bond acceptors (Lipinski definition) is 1. The maximum absolute atomic E-state index is 4.08. The van der Waals surface area contributed by atoms with E-state index in [9.17, 15) is 0 Å². The highest BCUT2D eigenvalue weighted by Gasteiger charge is 1.73. The molecule has 0 atom stereocenters. The average Bonchev–Trinajstić information content (AvgIpc) is 1.94. The fraction of sp³-hybridized carbons (Fsp3) is 0.250. The van der Waals surface area contributed by atoms with Gasteiger partial charge in [0.2, 0.25) is 0 Å². The molecule has 0 spiro atoms. The molecule has 0 fully saturated rings. The number of hydrogen-bond donors (Lipinski definition) is 1. The number of benzene rings is 1. The molecule has 0 aliphatic heterocycles. The first-order chi connectivity index (χ1) is 4.39. The smallest absolute Gasteiger partial charge is 0.00399 e. The van der Waals surface area contributed by atoms with Gasteiger partial charge in [-0.05, 0) is 12.1 Å². The lowest BCUT2D eigenvalue weighted by Crippen LogP contribution is -1.56. The summed E-state index contributed by atoms with van der Waals surface area (Å²) in [5.74, 6) is 0. The van der Waals surface area contributed by atoms with Crippen LogP contribution in [0.25, 0.3) is 0 Å². The highest BCUT2D eigenvalue weighted by molar-refractivity contribution is 7.80. The van der Waals surface area contributed by atoms with Gasteiger partial charge in [0, 0.05) is 4.90 Å². The largest absolute Gasteiger partial charge is 0.412 e. The van der Waals surface area contributed by atoms with E-state index in [1.54, 1.807) is 0 Å². The van der Waals surface area contributed by atoms with Crippen LogP contribution in [0.2, 0.25) is 0 Å². The highest BCUT2D eigenvalue weighted by atomic mass is 32.1. The summed E-state index contributed by atoms with van der Waals surface area (Å²) >= 11 is 4.08. The molecular weight excluding hydrogens is 160 g/mol. The minimum Gasteiger partial charge on any atom is -0.412 e. The Kier molecular flexibility index (Phi) is 18.7. The summed E-state index contributed by atoms with van der Waals surface area (Å²) < 4.78 is 0. The fourth-order valence-corrected chi connectivity index (χ4v) is 0.600. The molecule has 1 rings (SSSR count). The van der Waals surface area contributed by atoms with Gasteiger partial charge >= 0.3 is 0 Å². The molecule has 2 nitrogen and oxygen atoms in total. The van der Waals surface area contributed by atoms with Gasteiger partial charge in [-0.3, -0.25) is 0 Å². The second-order valence-electron chi connectivity index (χ2n) is 1.34. The summed E-state index contributed by atoms with van der Waals surface area (Å²) in [5.41, 5.74) is 0. The van der Waals surface area contributed by atoms with Crippen LogP contribution in [-0.4, -0.2) is 11.0 Å². The van der Waals surface area contributed by atoms with Crippen molar-refractivity contribution < 1.29 is 11.0 Å². The van der Waals surface area contributed by atoms with Crippen LogP contribution in [0.5, 0.6) is 0 Å². The van der Waals surface area contributed by atoms with Gasteiger partial charge in [-0.1, -0.05) is 32.0 Å². The summed E-state index contributed by atoms with van der Waals surface area (Å²) in [6, 6.07) is 9.79. The van der Waals surface area contributed by atoms with E-state index < -0.39 is 0 Å². The van der Waals surface area contributed by atoms with Gasteiger partial charge < -0.3 is 11.0 Å². The zero-order valence-corrected chi connectivity index (χ0v) is 7.73. The molecule has 0 bridgehead atoms. The van der Waals surface area contributed by atoms with Crippen molar-refractivity contribution >= 4 is 12.6 Å². The molecule has 0 amide bonds. The monoisotopic (exact) mass is 176 g/mol. The number of thiol groups is 1. The van der Waals surface area contributed by atoms with Gasteiger partial charge in [0.05, 0.1) is 0 Å². The average molecular weight is 176 g/mol. The van der Waals surface area contributed by atoms with Gasteiger partial charge in [-0.25, -0.2) is 0 Å². The Hall–Kier alpha value is -0.510. The standard InChI is InChI=1S/C6H6S.C2H6.2H2O/c7-6-4-2-1-3-5-6;1-2;;/h1-5,7H;1-2H3;2*1H2. The molecule has 0 unspecified atom stereocenters. The predicted octanol–water partition coefficient (Wildman–Crippen LogP) is 1.35. The molecule has 0 saturated heterocycles. The van der Waals surface area contributed by atoms with Crippen LogP contribution in [-0.2, 0) is 0 Å². The summed E-state index contributed by atoms with van der Waals surface area (Å²) in [6.07, 6.45) is 0. The van der Waals surface area contributed by atoms with Crippen molar-refractivity contribution in [2.45, 2.75) is 18.7 Å². The summed E-state index contributed by atoms with van der Waals surface area (Å²) in [4.78, 5) is 1.02. The Morgan fingerprint density at radius 2 is 1.27 bits per heavy atom. The van der Waals surface area contributed by atoms with Crippen LogP contribution in [0.3, 0.4) is 0 Å². The van der Waals surface area contributed by atoms with Crippen LogP contribution in [0.15, 0.2) is 35.2 Å². The molecule has 0 radical (unpaired) electrons. The van der Waals surface area contributed by atoms with E-state index in [4.69, 9.17) is 0 Å². The van der Waals surface area contributed by atoms with E-state index in [0.29, 0.717) is 0 Å². The second-order valence-corrected chi connectivity index (χ2v) is 1.85. The van der Waals surface area contributed by atoms with E-state index in [0.717, 1.165) is 4.90 Å². The van der Waals surface area contributed by atoms with E-state index in [-0.39, 0.29) is 11.0 Å². The van der Waals surface area contributed by atoms with Crippen LogP contribution < -0.4 is 0 Å². The van der Waals surface area contributed by atoms with Crippen molar-refractivity contribution in [1.82, 2.24) is 0 Å². The van der Waals surface area contributed by atoms with Crippen molar-refractivity contribution in [3.8, 4) is 0 Å². The van der Waals surface area contributed by atoms with Gasteiger partial charge in [0.25, 0.3) is 0 Å². The fourth-order valence-electron chi connectivity index (χ4n) is 0.428. The maximum atomic E-state index is 4.08. The Morgan fingerprint density at radius 1 is 0.909 bits per heavy atom. The lowest BCUT2D eigenvalue weighted by atomic mass is 10.4. The molecule has 0 aromatic heterocycles. The molecule has 4 N–H and O–H groups in total. The molecule has 11 heavy (non-hydrogen) atoms. The third kappa shape index (κ3) is 9.49. The summed E-state index contributed by atoms with van der Waals surface area (Å²) in [7, 11) is 0. The normalized spacial score (nSPS) is 6.09. The van der Waals surface area contributed by atoms with Crippen LogP contribution in [0, 0.1) is 0 Å². The van der Waals surface area contributed by atoms with Crippen molar-refractivity contribution in [3.63, 3.8) is 0 Å². The minimum atomic E-state index is 0. The first kappa shape index (κ1) is 16.8. The van der Waals surface area contributed by atoms with Gasteiger partial charge in [-0.2, -0.15) is 0 Å². The molecule has 66 valence electrons. The van der Waals surface area contributed by atoms with Gasteiger partial charge in [-0.15, -0.1) is 12.6 Å². The summed E-state index contributed by atoms with van der Waals surface area (Å²) in [5, 5.41) is 0. The number of rotatable bonds is 0. The first-order valence-corrected chi connectivity index (χ1v) is 3.58. The van der Waals surface area contributed by atoms with Crippen LogP contribution in [0.4, 0.5) is 0 Å². The lowest BCUT2D eigenvalue weighted by Gasteiger charge is -1.81. The lowest BCUT2D eigenvalue weighted by molar-refractivity contribution is 0.823. The van der Waals surface area contributed by atoms with E-state index in [1.165, 1.54) is 0 Å². The van der Waals surface area contributed by atoms with Crippen molar-refractivity contribution in [3.05, 3.63) is 30.3 Å². The first-order valence-electron chi connectivity index (χ1n) is 3.13. The highest BCUT2D eigenvalue weighted by Crippen LogP contribution is 2.00. The quantitative estimate of drug-likeness (QED) is 0.580. The predicted molar refractivity (Wildman–Crippen MR) is 52.3 cm³/mol. The molecule has 0 aliphatic carbocycles. The topological polar surface area (TPSA) is 63.0 Å². The van der Waals surface area contributed by atoms with E-state index in [1.807, 2.05) is 44.2 Å².